The maximum atomic E-state index is 11.7. The normalized spacial score (nSPS) is 23.6. The fourth-order valence-electron chi connectivity index (χ4n) is 1.59. The number of carbonyl (C=O) groups is 1. The van der Waals surface area contributed by atoms with Gasteiger partial charge in [-0.1, -0.05) is 6.92 Å². The number of carbonyl (C=O) groups excluding carboxylic acids is 1. The standard InChI is InChI=1S/C11H16N2OS/c1-7-5-8(7)6-13-11(14)9-3-4-10(12-2)15-9/h3-4,7-8,12H,5-6H2,1-2H3,(H,13,14). The predicted molar refractivity (Wildman–Crippen MR) is 63.5 cm³/mol. The number of hydrogen-bond donors (Lipinski definition) is 2. The van der Waals surface area contributed by atoms with Crippen LogP contribution in [0, 0.1) is 11.8 Å². The van der Waals surface area contributed by atoms with Gasteiger partial charge >= 0.3 is 0 Å². The van der Waals surface area contributed by atoms with Crippen LogP contribution in [0.1, 0.15) is 23.0 Å². The van der Waals surface area contributed by atoms with E-state index in [1.165, 1.54) is 17.8 Å². The van der Waals surface area contributed by atoms with Crippen molar-refractivity contribution in [1.82, 2.24) is 5.32 Å². The summed E-state index contributed by atoms with van der Waals surface area (Å²) in [6.07, 6.45) is 1.26. The van der Waals surface area contributed by atoms with Crippen LogP contribution < -0.4 is 10.6 Å². The van der Waals surface area contributed by atoms with Crippen molar-refractivity contribution < 1.29 is 4.79 Å². The van der Waals surface area contributed by atoms with Gasteiger partial charge in [-0.2, -0.15) is 0 Å². The molecule has 0 aliphatic heterocycles. The monoisotopic (exact) mass is 224 g/mol. The molecule has 1 amide bonds. The van der Waals surface area contributed by atoms with E-state index in [0.29, 0.717) is 5.92 Å². The highest BCUT2D eigenvalue weighted by Gasteiger charge is 2.32. The molecule has 1 aliphatic carbocycles. The largest absolute Gasteiger partial charge is 0.380 e. The molecule has 2 atom stereocenters. The Morgan fingerprint density at radius 3 is 2.87 bits per heavy atom. The Balaban J connectivity index is 1.84. The summed E-state index contributed by atoms with van der Waals surface area (Å²) in [5, 5.41) is 7.03. The first-order valence-corrected chi connectivity index (χ1v) is 6.08. The Morgan fingerprint density at radius 2 is 2.33 bits per heavy atom. The maximum absolute atomic E-state index is 11.7. The molecule has 0 bridgehead atoms. The zero-order valence-electron chi connectivity index (χ0n) is 9.04. The quantitative estimate of drug-likeness (QED) is 0.823. The second kappa shape index (κ2) is 4.23. The van der Waals surface area contributed by atoms with Crippen LogP contribution in [0.5, 0.6) is 0 Å². The van der Waals surface area contributed by atoms with Crippen molar-refractivity contribution in [1.29, 1.82) is 0 Å². The zero-order chi connectivity index (χ0) is 10.8. The van der Waals surface area contributed by atoms with Crippen molar-refractivity contribution in [2.45, 2.75) is 13.3 Å². The molecule has 3 nitrogen and oxygen atoms in total. The fraction of sp³-hybridized carbons (Fsp3) is 0.545. The molecule has 2 unspecified atom stereocenters. The van der Waals surface area contributed by atoms with Crippen molar-refractivity contribution in [2.75, 3.05) is 18.9 Å². The van der Waals surface area contributed by atoms with Crippen LogP contribution >= 0.6 is 11.3 Å². The Hall–Kier alpha value is -1.03. The topological polar surface area (TPSA) is 41.1 Å². The summed E-state index contributed by atoms with van der Waals surface area (Å²) < 4.78 is 0. The second-order valence-corrected chi connectivity index (χ2v) is 5.18. The molecule has 1 aliphatic rings. The summed E-state index contributed by atoms with van der Waals surface area (Å²) in [5.74, 6) is 1.56. The highest BCUT2D eigenvalue weighted by atomic mass is 32.1. The molecule has 15 heavy (non-hydrogen) atoms. The summed E-state index contributed by atoms with van der Waals surface area (Å²) in [7, 11) is 1.86. The van der Waals surface area contributed by atoms with Gasteiger partial charge in [0.1, 0.15) is 0 Å². The Morgan fingerprint density at radius 1 is 1.60 bits per heavy atom. The van der Waals surface area contributed by atoms with E-state index < -0.39 is 0 Å². The van der Waals surface area contributed by atoms with E-state index in [-0.39, 0.29) is 5.91 Å². The average molecular weight is 224 g/mol. The number of anilines is 1. The van der Waals surface area contributed by atoms with Gasteiger partial charge < -0.3 is 10.6 Å². The van der Waals surface area contributed by atoms with Gasteiger partial charge in [0.05, 0.1) is 9.88 Å². The van der Waals surface area contributed by atoms with Gasteiger partial charge in [-0.05, 0) is 30.4 Å². The molecular formula is C11H16N2OS. The molecule has 2 rings (SSSR count). The van der Waals surface area contributed by atoms with Crippen molar-refractivity contribution >= 4 is 22.2 Å². The number of hydrogen-bond acceptors (Lipinski definition) is 3. The third-order valence-corrected chi connectivity index (χ3v) is 3.98. The zero-order valence-corrected chi connectivity index (χ0v) is 9.86. The van der Waals surface area contributed by atoms with Crippen LogP contribution in [0.25, 0.3) is 0 Å². The highest BCUT2D eigenvalue weighted by molar-refractivity contribution is 7.17. The third-order valence-electron chi connectivity index (χ3n) is 2.88. The van der Waals surface area contributed by atoms with E-state index in [4.69, 9.17) is 0 Å². The van der Waals surface area contributed by atoms with E-state index in [2.05, 4.69) is 17.6 Å². The fourth-order valence-corrected chi connectivity index (χ4v) is 2.36. The third kappa shape index (κ3) is 2.50. The molecule has 82 valence electrons. The van der Waals surface area contributed by atoms with Crippen molar-refractivity contribution in [3.05, 3.63) is 17.0 Å². The molecule has 1 aromatic rings. The first-order valence-electron chi connectivity index (χ1n) is 5.26. The van der Waals surface area contributed by atoms with E-state index in [1.807, 2.05) is 19.2 Å². The van der Waals surface area contributed by atoms with Crippen LogP contribution in [0.4, 0.5) is 5.00 Å². The molecular weight excluding hydrogens is 208 g/mol. The van der Waals surface area contributed by atoms with Crippen LogP contribution in [0.3, 0.4) is 0 Å². The van der Waals surface area contributed by atoms with Crippen molar-refractivity contribution in [2.24, 2.45) is 11.8 Å². The molecule has 0 saturated heterocycles. The number of amides is 1. The lowest BCUT2D eigenvalue weighted by Gasteiger charge is -2.01. The Labute approximate surface area is 93.9 Å². The number of rotatable bonds is 4. The number of nitrogens with one attached hydrogen (secondary N) is 2. The lowest BCUT2D eigenvalue weighted by Crippen LogP contribution is -2.24. The molecule has 1 fully saturated rings. The molecule has 4 heteroatoms. The van der Waals surface area contributed by atoms with Crippen molar-refractivity contribution in [3.8, 4) is 0 Å². The minimum absolute atomic E-state index is 0.0561. The molecule has 0 radical (unpaired) electrons. The number of thiophene rings is 1. The van der Waals surface area contributed by atoms with Gasteiger partial charge in [0.15, 0.2) is 0 Å². The van der Waals surface area contributed by atoms with Gasteiger partial charge in [-0.3, -0.25) is 4.79 Å². The predicted octanol–water partition coefficient (Wildman–Crippen LogP) is 2.18. The molecule has 2 N–H and O–H groups in total. The molecule has 0 aromatic carbocycles. The van der Waals surface area contributed by atoms with E-state index in [9.17, 15) is 4.79 Å². The lowest BCUT2D eigenvalue weighted by molar-refractivity contribution is 0.0955. The average Bonchev–Trinajstić information content (AvgIpc) is 2.78. The van der Waals surface area contributed by atoms with E-state index in [0.717, 1.165) is 22.3 Å². The van der Waals surface area contributed by atoms with Crippen LogP contribution in [0.2, 0.25) is 0 Å². The smallest absolute Gasteiger partial charge is 0.261 e. The van der Waals surface area contributed by atoms with Gasteiger partial charge in [0.2, 0.25) is 0 Å². The van der Waals surface area contributed by atoms with Gasteiger partial charge in [-0.15, -0.1) is 11.3 Å². The lowest BCUT2D eigenvalue weighted by atomic mass is 10.3. The summed E-state index contributed by atoms with van der Waals surface area (Å²) in [6, 6.07) is 3.79. The minimum atomic E-state index is 0.0561. The molecule has 1 heterocycles. The van der Waals surface area contributed by atoms with Gasteiger partial charge in [-0.25, -0.2) is 0 Å². The first-order chi connectivity index (χ1) is 7.20. The second-order valence-electron chi connectivity index (χ2n) is 4.10. The van der Waals surface area contributed by atoms with Crippen molar-refractivity contribution in [3.63, 3.8) is 0 Å². The summed E-state index contributed by atoms with van der Waals surface area (Å²) in [4.78, 5) is 12.5. The highest BCUT2D eigenvalue weighted by Crippen LogP contribution is 2.36. The first kappa shape index (κ1) is 10.5. The minimum Gasteiger partial charge on any atom is -0.380 e. The SMILES string of the molecule is CNc1ccc(C(=O)NCC2CC2C)s1. The van der Waals surface area contributed by atoms with Crippen LogP contribution in [0.15, 0.2) is 12.1 Å². The van der Waals surface area contributed by atoms with Gasteiger partial charge in [0, 0.05) is 13.6 Å². The summed E-state index contributed by atoms with van der Waals surface area (Å²) in [5.41, 5.74) is 0. The van der Waals surface area contributed by atoms with Gasteiger partial charge in [0.25, 0.3) is 5.91 Å². The molecule has 1 saturated carbocycles. The molecule has 1 aromatic heterocycles. The Kier molecular flexibility index (Phi) is 2.95. The molecule has 0 spiro atoms. The van der Waals surface area contributed by atoms with Crippen LogP contribution in [-0.4, -0.2) is 19.5 Å². The van der Waals surface area contributed by atoms with E-state index >= 15 is 0 Å². The Bertz CT molecular complexity index is 361. The van der Waals surface area contributed by atoms with E-state index in [1.54, 1.807) is 0 Å². The summed E-state index contributed by atoms with van der Waals surface area (Å²) >= 11 is 1.49. The van der Waals surface area contributed by atoms with Crippen LogP contribution in [-0.2, 0) is 0 Å². The summed E-state index contributed by atoms with van der Waals surface area (Å²) in [6.45, 7) is 3.05. The maximum Gasteiger partial charge on any atom is 0.261 e.